The van der Waals surface area contributed by atoms with Crippen LogP contribution in [0.2, 0.25) is 0 Å². The van der Waals surface area contributed by atoms with Crippen molar-refractivity contribution in [2.45, 2.75) is 6.42 Å². The molecule has 0 unspecified atom stereocenters. The average Bonchev–Trinajstić information content (AvgIpc) is 3.09. The zero-order valence-corrected chi connectivity index (χ0v) is 29.0. The first-order chi connectivity index (χ1) is 24.4. The van der Waals surface area contributed by atoms with E-state index in [1.807, 2.05) is 7.05 Å². The Balaban J connectivity index is 1.72. The van der Waals surface area contributed by atoms with Gasteiger partial charge in [-0.2, -0.15) is 8.78 Å². The number of likely N-dealkylation sites (N-methyl/N-ethyl adjacent to an activating group) is 1. The number of nitrogens with two attached hydrogens (primary N) is 1. The number of benzene rings is 1. The standard InChI is InChI=1S/C32H54F4N2O12/c1-38(4-3-37)5-7-41-9-11-43-13-15-45-17-19-47-21-23-49-25-24-48-22-20-46-18-16-44-14-12-42-10-8-40-6-2-29(39)50-32-30(35)27(33)26-28(34)31(32)36/h26H,2-25,37H2,1H3. The van der Waals surface area contributed by atoms with Crippen LogP contribution in [0.25, 0.3) is 0 Å². The Morgan fingerprint density at radius 3 is 1.14 bits per heavy atom. The maximum absolute atomic E-state index is 13.5. The molecule has 0 fully saturated rings. The van der Waals surface area contributed by atoms with E-state index in [1.54, 1.807) is 0 Å². The smallest absolute Gasteiger partial charge is 0.313 e. The predicted octanol–water partition coefficient (Wildman–Crippen LogP) is 1.60. The SMILES string of the molecule is CN(CCN)CCOCCOCCOCCOCCOCCOCCOCCOCCOCCOCCC(=O)Oc1c(F)c(F)cc(F)c1F. The molecular formula is C32H54F4N2O12. The number of carbonyl (C=O) groups is 1. The zero-order valence-electron chi connectivity index (χ0n) is 29.0. The number of hydrogen-bond acceptors (Lipinski definition) is 14. The molecule has 0 spiro atoms. The lowest BCUT2D eigenvalue weighted by Gasteiger charge is -2.15. The third-order valence-corrected chi connectivity index (χ3v) is 6.21. The molecule has 292 valence electrons. The molecule has 14 nitrogen and oxygen atoms in total. The fraction of sp³-hybridized carbons (Fsp3) is 0.781. The zero-order chi connectivity index (χ0) is 36.5. The second-order valence-electron chi connectivity index (χ2n) is 10.2. The van der Waals surface area contributed by atoms with Crippen molar-refractivity contribution in [3.05, 3.63) is 29.3 Å². The Hall–Kier alpha value is -2.07. The van der Waals surface area contributed by atoms with Gasteiger partial charge >= 0.3 is 5.97 Å². The molecule has 50 heavy (non-hydrogen) atoms. The molecule has 0 radical (unpaired) electrons. The lowest BCUT2D eigenvalue weighted by Crippen LogP contribution is -2.29. The fourth-order valence-electron chi connectivity index (χ4n) is 3.60. The van der Waals surface area contributed by atoms with Crippen molar-refractivity contribution in [1.82, 2.24) is 4.90 Å². The van der Waals surface area contributed by atoms with Crippen LogP contribution in [0, 0.1) is 23.3 Å². The Morgan fingerprint density at radius 2 is 0.820 bits per heavy atom. The monoisotopic (exact) mass is 734 g/mol. The molecule has 1 aromatic rings. The van der Waals surface area contributed by atoms with Gasteiger partial charge in [-0.25, -0.2) is 8.78 Å². The minimum absolute atomic E-state index is 0.0187. The van der Waals surface area contributed by atoms with Crippen LogP contribution in [-0.4, -0.2) is 170 Å². The maximum Gasteiger partial charge on any atom is 0.313 e. The maximum atomic E-state index is 13.5. The molecule has 0 amide bonds. The highest BCUT2D eigenvalue weighted by Gasteiger charge is 2.22. The highest BCUT2D eigenvalue weighted by molar-refractivity contribution is 5.72. The van der Waals surface area contributed by atoms with Gasteiger partial charge in [-0.05, 0) is 7.05 Å². The predicted molar refractivity (Wildman–Crippen MR) is 171 cm³/mol. The molecule has 1 rings (SSSR count). The van der Waals surface area contributed by atoms with E-state index in [0.29, 0.717) is 119 Å². The summed E-state index contributed by atoms with van der Waals surface area (Å²) in [5, 5.41) is 0. The van der Waals surface area contributed by atoms with Crippen molar-refractivity contribution in [3.63, 3.8) is 0 Å². The van der Waals surface area contributed by atoms with Gasteiger partial charge in [0.2, 0.25) is 17.4 Å². The van der Waals surface area contributed by atoms with Crippen molar-refractivity contribution in [1.29, 1.82) is 0 Å². The third-order valence-electron chi connectivity index (χ3n) is 6.21. The van der Waals surface area contributed by atoms with Gasteiger partial charge in [0.15, 0.2) is 11.6 Å². The van der Waals surface area contributed by atoms with Crippen LogP contribution in [0.4, 0.5) is 17.6 Å². The molecule has 0 bridgehead atoms. The van der Waals surface area contributed by atoms with Gasteiger partial charge in [0.25, 0.3) is 0 Å². The summed E-state index contributed by atoms with van der Waals surface area (Å²) in [5.41, 5.74) is 5.49. The third kappa shape index (κ3) is 25.8. The van der Waals surface area contributed by atoms with E-state index in [-0.39, 0.29) is 25.9 Å². The number of hydrogen-bond donors (Lipinski definition) is 1. The summed E-state index contributed by atoms with van der Waals surface area (Å²) in [7, 11) is 2.01. The molecular weight excluding hydrogens is 680 g/mol. The van der Waals surface area contributed by atoms with Gasteiger partial charge in [0.05, 0.1) is 139 Å². The molecule has 0 aliphatic carbocycles. The molecule has 18 heteroatoms. The molecule has 0 saturated heterocycles. The van der Waals surface area contributed by atoms with Gasteiger partial charge in [-0.15, -0.1) is 0 Å². The highest BCUT2D eigenvalue weighted by Crippen LogP contribution is 2.26. The van der Waals surface area contributed by atoms with E-state index in [0.717, 1.165) is 13.1 Å². The fourth-order valence-corrected chi connectivity index (χ4v) is 3.60. The van der Waals surface area contributed by atoms with Crippen molar-refractivity contribution in [2.75, 3.05) is 159 Å². The van der Waals surface area contributed by atoms with Crippen LogP contribution in [0.3, 0.4) is 0 Å². The largest absolute Gasteiger partial charge is 0.420 e. The average molecular weight is 735 g/mol. The number of nitrogens with zero attached hydrogens (tertiary/aromatic N) is 1. The van der Waals surface area contributed by atoms with Gasteiger partial charge < -0.3 is 62.7 Å². The summed E-state index contributed by atoms with van der Waals surface area (Å²) >= 11 is 0. The van der Waals surface area contributed by atoms with Gasteiger partial charge in [-0.1, -0.05) is 0 Å². The summed E-state index contributed by atoms with van der Waals surface area (Å²) in [5.74, 6) is -9.48. The molecule has 2 N–H and O–H groups in total. The van der Waals surface area contributed by atoms with Gasteiger partial charge in [0.1, 0.15) is 0 Å². The minimum Gasteiger partial charge on any atom is -0.420 e. The van der Waals surface area contributed by atoms with Crippen molar-refractivity contribution < 1.29 is 74.5 Å². The second-order valence-corrected chi connectivity index (χ2v) is 10.2. The molecule has 0 aliphatic heterocycles. The van der Waals surface area contributed by atoms with Crippen LogP contribution in [0.5, 0.6) is 5.75 Å². The lowest BCUT2D eigenvalue weighted by molar-refractivity contribution is -0.136. The molecule has 0 aliphatic rings. The summed E-state index contributed by atoms with van der Waals surface area (Å²) in [6, 6.07) is 0.0187. The first-order valence-corrected chi connectivity index (χ1v) is 16.6. The summed E-state index contributed by atoms with van der Waals surface area (Å²) < 4.78 is 112. The van der Waals surface area contributed by atoms with Gasteiger partial charge in [0, 0.05) is 25.7 Å². The normalized spacial score (nSPS) is 11.6. The molecule has 0 atom stereocenters. The van der Waals surface area contributed by atoms with Crippen LogP contribution >= 0.6 is 0 Å². The van der Waals surface area contributed by atoms with Crippen molar-refractivity contribution in [2.24, 2.45) is 5.73 Å². The van der Waals surface area contributed by atoms with Crippen LogP contribution in [0.1, 0.15) is 6.42 Å². The molecule has 0 saturated carbocycles. The van der Waals surface area contributed by atoms with E-state index in [4.69, 9.17) is 53.1 Å². The van der Waals surface area contributed by atoms with Crippen molar-refractivity contribution >= 4 is 5.97 Å². The van der Waals surface area contributed by atoms with Crippen molar-refractivity contribution in [3.8, 4) is 5.75 Å². The number of carbonyl (C=O) groups excluding carboxylic acids is 1. The Labute approximate surface area is 291 Å². The first kappa shape index (κ1) is 46.0. The summed E-state index contributed by atoms with van der Waals surface area (Å²) in [4.78, 5) is 13.8. The number of ether oxygens (including phenoxy) is 11. The first-order valence-electron chi connectivity index (χ1n) is 16.6. The van der Waals surface area contributed by atoms with E-state index in [9.17, 15) is 22.4 Å². The number of rotatable bonds is 36. The summed E-state index contributed by atoms with van der Waals surface area (Å²) in [6.07, 6.45) is -0.392. The van der Waals surface area contributed by atoms with E-state index in [2.05, 4.69) is 9.64 Å². The molecule has 0 aromatic heterocycles. The van der Waals surface area contributed by atoms with E-state index in [1.165, 1.54) is 0 Å². The topological polar surface area (TPSA) is 148 Å². The van der Waals surface area contributed by atoms with E-state index >= 15 is 0 Å². The van der Waals surface area contributed by atoms with Crippen LogP contribution < -0.4 is 10.5 Å². The van der Waals surface area contributed by atoms with Crippen LogP contribution in [0.15, 0.2) is 6.07 Å². The Morgan fingerprint density at radius 1 is 0.520 bits per heavy atom. The Bertz CT molecular complexity index is 948. The molecule has 1 aromatic carbocycles. The lowest BCUT2D eigenvalue weighted by atomic mass is 10.3. The number of esters is 1. The summed E-state index contributed by atoms with van der Waals surface area (Å²) in [6.45, 7) is 10.4. The molecule has 0 heterocycles. The van der Waals surface area contributed by atoms with E-state index < -0.39 is 41.4 Å². The van der Waals surface area contributed by atoms with Gasteiger partial charge in [-0.3, -0.25) is 4.79 Å². The second kappa shape index (κ2) is 32.8. The van der Waals surface area contributed by atoms with Crippen LogP contribution in [-0.2, 0) is 52.2 Å². The Kier molecular flexibility index (Phi) is 30.2. The quantitative estimate of drug-likeness (QED) is 0.0350. The minimum atomic E-state index is -1.79. The number of halogens is 4. The highest BCUT2D eigenvalue weighted by atomic mass is 19.2.